The maximum absolute atomic E-state index is 13.0. The predicted octanol–water partition coefficient (Wildman–Crippen LogP) is 5.53. The van der Waals surface area contributed by atoms with E-state index in [2.05, 4.69) is 34.7 Å². The van der Waals surface area contributed by atoms with Gasteiger partial charge in [-0.15, -0.1) is 21.5 Å². The summed E-state index contributed by atoms with van der Waals surface area (Å²) >= 11 is 3.05. The molecule has 9 heteroatoms. The number of para-hydroxylation sites is 1. The first-order valence-electron chi connectivity index (χ1n) is 11.2. The second-order valence-electron chi connectivity index (χ2n) is 8.53. The van der Waals surface area contributed by atoms with Gasteiger partial charge in [0.15, 0.2) is 11.0 Å². The van der Waals surface area contributed by atoms with Crippen LogP contribution in [0.2, 0.25) is 0 Å². The van der Waals surface area contributed by atoms with Crippen LogP contribution in [0.1, 0.15) is 31.8 Å². The molecular weight excluding hydrogens is 466 g/mol. The lowest BCUT2D eigenvalue weighted by Crippen LogP contribution is -2.31. The van der Waals surface area contributed by atoms with Gasteiger partial charge >= 0.3 is 0 Å². The van der Waals surface area contributed by atoms with Crippen molar-refractivity contribution in [2.75, 3.05) is 19.9 Å². The molecule has 1 amide bonds. The molecule has 4 rings (SSSR count). The molecular formula is C25H29N5O2S2. The van der Waals surface area contributed by atoms with Crippen molar-refractivity contribution in [1.29, 1.82) is 0 Å². The van der Waals surface area contributed by atoms with Crippen LogP contribution in [0.15, 0.2) is 53.7 Å². The number of ether oxygens (including phenoxy) is 1. The van der Waals surface area contributed by atoms with Gasteiger partial charge in [-0.1, -0.05) is 37.7 Å². The molecule has 34 heavy (non-hydrogen) atoms. The third-order valence-electron chi connectivity index (χ3n) is 5.58. The van der Waals surface area contributed by atoms with E-state index in [0.29, 0.717) is 5.92 Å². The number of thiazole rings is 1. The number of amides is 1. The molecule has 2 heterocycles. The van der Waals surface area contributed by atoms with E-state index in [-0.39, 0.29) is 17.7 Å². The Morgan fingerprint density at radius 1 is 1.12 bits per heavy atom. The molecule has 2 aromatic heterocycles. The fourth-order valence-electron chi connectivity index (χ4n) is 3.56. The van der Waals surface area contributed by atoms with Crippen LogP contribution in [0.5, 0.6) is 5.75 Å². The van der Waals surface area contributed by atoms with Gasteiger partial charge in [0.05, 0.1) is 29.1 Å². The van der Waals surface area contributed by atoms with Gasteiger partial charge in [0, 0.05) is 19.2 Å². The van der Waals surface area contributed by atoms with Gasteiger partial charge < -0.3 is 14.2 Å². The Kier molecular flexibility index (Phi) is 7.53. The standard InChI is InChI=1S/C25H29N5O2S2/c1-16(2)14-30-23(18-10-12-19(32-5)13-11-18)27-28-25(30)33-15-22(31)29(4)17(3)24-26-20-8-6-7-9-21(20)34-24/h6-13,16-17H,14-15H2,1-5H3. The molecule has 0 aliphatic carbocycles. The molecule has 0 N–H and O–H groups in total. The lowest BCUT2D eigenvalue weighted by atomic mass is 10.2. The minimum atomic E-state index is -0.103. The minimum absolute atomic E-state index is 0.0295. The van der Waals surface area contributed by atoms with Crippen LogP contribution in [0.3, 0.4) is 0 Å². The number of benzene rings is 2. The monoisotopic (exact) mass is 495 g/mol. The average molecular weight is 496 g/mol. The van der Waals surface area contributed by atoms with Crippen LogP contribution in [0, 0.1) is 5.92 Å². The van der Waals surface area contributed by atoms with Crippen LogP contribution in [0.4, 0.5) is 0 Å². The zero-order valence-corrected chi connectivity index (χ0v) is 21.7. The number of hydrogen-bond donors (Lipinski definition) is 0. The van der Waals surface area contributed by atoms with Crippen molar-refractivity contribution < 1.29 is 9.53 Å². The van der Waals surface area contributed by atoms with E-state index in [1.807, 2.05) is 56.4 Å². The molecule has 0 aliphatic heterocycles. The largest absolute Gasteiger partial charge is 0.497 e. The summed E-state index contributed by atoms with van der Waals surface area (Å²) in [4.78, 5) is 19.5. The maximum atomic E-state index is 13.0. The second kappa shape index (κ2) is 10.6. The van der Waals surface area contributed by atoms with E-state index < -0.39 is 0 Å². The number of aromatic nitrogens is 4. The molecule has 0 aliphatic rings. The molecule has 2 aromatic carbocycles. The summed E-state index contributed by atoms with van der Waals surface area (Å²) in [5.74, 6) is 2.31. The van der Waals surface area contributed by atoms with E-state index in [1.165, 1.54) is 11.8 Å². The van der Waals surface area contributed by atoms with Crippen molar-refractivity contribution in [1.82, 2.24) is 24.6 Å². The number of carbonyl (C=O) groups is 1. The fourth-order valence-corrected chi connectivity index (χ4v) is 5.49. The molecule has 0 spiro atoms. The molecule has 178 valence electrons. The predicted molar refractivity (Wildman–Crippen MR) is 138 cm³/mol. The maximum Gasteiger partial charge on any atom is 0.233 e. The number of thioether (sulfide) groups is 1. The molecule has 4 aromatic rings. The number of carbonyl (C=O) groups excluding carboxylic acids is 1. The molecule has 1 atom stereocenters. The molecule has 0 bridgehead atoms. The Morgan fingerprint density at radius 2 is 1.85 bits per heavy atom. The number of hydrogen-bond acceptors (Lipinski definition) is 7. The molecule has 0 radical (unpaired) electrons. The van der Waals surface area contributed by atoms with Crippen molar-refractivity contribution in [2.24, 2.45) is 5.92 Å². The number of methoxy groups -OCH3 is 1. The number of nitrogens with zero attached hydrogens (tertiary/aromatic N) is 5. The third kappa shape index (κ3) is 5.26. The Balaban J connectivity index is 1.48. The fraction of sp³-hybridized carbons (Fsp3) is 0.360. The van der Waals surface area contributed by atoms with E-state index in [9.17, 15) is 4.79 Å². The Bertz CT molecular complexity index is 1230. The molecule has 0 saturated carbocycles. The quantitative estimate of drug-likeness (QED) is 0.284. The first kappa shape index (κ1) is 24.2. The van der Waals surface area contributed by atoms with Gasteiger partial charge in [-0.2, -0.15) is 0 Å². The van der Waals surface area contributed by atoms with Crippen LogP contribution in [-0.4, -0.2) is 50.5 Å². The van der Waals surface area contributed by atoms with Crippen molar-refractivity contribution in [3.05, 3.63) is 53.5 Å². The lowest BCUT2D eigenvalue weighted by molar-refractivity contribution is -0.128. The summed E-state index contributed by atoms with van der Waals surface area (Å²) in [7, 11) is 3.48. The van der Waals surface area contributed by atoms with Gasteiger partial charge in [-0.3, -0.25) is 4.79 Å². The molecule has 7 nitrogen and oxygen atoms in total. The van der Waals surface area contributed by atoms with Crippen LogP contribution in [0.25, 0.3) is 21.6 Å². The average Bonchev–Trinajstić information content (AvgIpc) is 3.45. The van der Waals surface area contributed by atoms with Gasteiger partial charge in [0.2, 0.25) is 5.91 Å². The summed E-state index contributed by atoms with van der Waals surface area (Å²) in [5, 5.41) is 10.5. The summed E-state index contributed by atoms with van der Waals surface area (Å²) in [5.41, 5.74) is 1.94. The highest BCUT2D eigenvalue weighted by atomic mass is 32.2. The minimum Gasteiger partial charge on any atom is -0.497 e. The van der Waals surface area contributed by atoms with Crippen molar-refractivity contribution in [3.8, 4) is 17.1 Å². The first-order valence-corrected chi connectivity index (χ1v) is 13.0. The van der Waals surface area contributed by atoms with Gasteiger partial charge in [0.1, 0.15) is 10.8 Å². The van der Waals surface area contributed by atoms with E-state index >= 15 is 0 Å². The SMILES string of the molecule is COc1ccc(-c2nnc(SCC(=O)N(C)C(C)c3nc4ccccc4s3)n2CC(C)C)cc1. The van der Waals surface area contributed by atoms with Gasteiger partial charge in [-0.05, 0) is 49.2 Å². The molecule has 1 unspecified atom stereocenters. The van der Waals surface area contributed by atoms with Gasteiger partial charge in [-0.25, -0.2) is 4.98 Å². The Morgan fingerprint density at radius 3 is 2.53 bits per heavy atom. The van der Waals surface area contributed by atoms with Crippen LogP contribution >= 0.6 is 23.1 Å². The highest BCUT2D eigenvalue weighted by Gasteiger charge is 2.22. The summed E-state index contributed by atoms with van der Waals surface area (Å²) in [6.45, 7) is 7.10. The molecule has 0 saturated heterocycles. The topological polar surface area (TPSA) is 73.1 Å². The van der Waals surface area contributed by atoms with Gasteiger partial charge in [0.25, 0.3) is 0 Å². The van der Waals surface area contributed by atoms with E-state index in [4.69, 9.17) is 9.72 Å². The smallest absolute Gasteiger partial charge is 0.233 e. The highest BCUT2D eigenvalue weighted by Crippen LogP contribution is 2.30. The Hall–Kier alpha value is -2.91. The highest BCUT2D eigenvalue weighted by molar-refractivity contribution is 7.99. The number of rotatable bonds is 9. The third-order valence-corrected chi connectivity index (χ3v) is 7.74. The lowest BCUT2D eigenvalue weighted by Gasteiger charge is -2.23. The summed E-state index contributed by atoms with van der Waals surface area (Å²) in [6, 6.07) is 15.7. The Labute approximate surface area is 208 Å². The first-order chi connectivity index (χ1) is 16.4. The summed E-state index contributed by atoms with van der Waals surface area (Å²) < 4.78 is 8.50. The number of fused-ring (bicyclic) bond motifs is 1. The van der Waals surface area contributed by atoms with E-state index in [0.717, 1.165) is 44.1 Å². The zero-order valence-electron chi connectivity index (χ0n) is 20.1. The van der Waals surface area contributed by atoms with Crippen molar-refractivity contribution in [3.63, 3.8) is 0 Å². The normalized spacial score (nSPS) is 12.3. The summed E-state index contributed by atoms with van der Waals surface area (Å²) in [6.07, 6.45) is 0. The van der Waals surface area contributed by atoms with Crippen molar-refractivity contribution >= 4 is 39.2 Å². The van der Waals surface area contributed by atoms with E-state index in [1.54, 1.807) is 23.3 Å². The second-order valence-corrected chi connectivity index (χ2v) is 10.5. The van der Waals surface area contributed by atoms with Crippen LogP contribution in [-0.2, 0) is 11.3 Å². The zero-order chi connectivity index (χ0) is 24.2. The van der Waals surface area contributed by atoms with Crippen molar-refractivity contribution in [2.45, 2.75) is 38.5 Å². The molecule has 0 fully saturated rings. The van der Waals surface area contributed by atoms with Crippen LogP contribution < -0.4 is 4.74 Å².